The summed E-state index contributed by atoms with van der Waals surface area (Å²) in [5.74, 6) is 0.0282. The second kappa shape index (κ2) is 5.60. The van der Waals surface area contributed by atoms with Gasteiger partial charge in [0.15, 0.2) is 5.78 Å². The molecule has 0 aromatic heterocycles. The van der Waals surface area contributed by atoms with Crippen molar-refractivity contribution in [1.29, 1.82) is 0 Å². The molecule has 1 aliphatic rings. The van der Waals surface area contributed by atoms with E-state index in [9.17, 15) is 4.79 Å². The summed E-state index contributed by atoms with van der Waals surface area (Å²) in [5.41, 5.74) is -0.0638. The molecule has 0 aliphatic heterocycles. The molecule has 1 fully saturated rings. The number of halogens is 2. The highest BCUT2D eigenvalue weighted by Crippen LogP contribution is 2.37. The molecular formula is C14H16Cl2O2. The third-order valence-corrected chi connectivity index (χ3v) is 4.17. The quantitative estimate of drug-likeness (QED) is 0.761. The minimum absolute atomic E-state index is 0.0282. The predicted octanol–water partition coefficient (Wildman–Crippen LogP) is 4.53. The van der Waals surface area contributed by atoms with Crippen LogP contribution in [0.25, 0.3) is 0 Å². The Morgan fingerprint density at radius 2 is 1.94 bits per heavy atom. The summed E-state index contributed by atoms with van der Waals surface area (Å²) in [7, 11) is 0. The highest BCUT2D eigenvalue weighted by molar-refractivity contribution is 6.42. The van der Waals surface area contributed by atoms with Crippen LogP contribution in [0.5, 0.6) is 0 Å². The molecule has 1 saturated carbocycles. The lowest BCUT2D eigenvalue weighted by Gasteiger charge is -2.27. The van der Waals surface area contributed by atoms with Gasteiger partial charge in [0, 0.05) is 12.2 Å². The normalized spacial score (nSPS) is 17.9. The molecule has 0 spiro atoms. The largest absolute Gasteiger partial charge is 0.367 e. The Bertz CT molecular complexity index is 451. The fraction of sp³-hybridized carbons (Fsp3) is 0.500. The monoisotopic (exact) mass is 286 g/mol. The van der Waals surface area contributed by atoms with Crippen LogP contribution < -0.4 is 0 Å². The molecular weight excluding hydrogens is 271 g/mol. The minimum atomic E-state index is -0.647. The molecule has 2 rings (SSSR count). The zero-order valence-corrected chi connectivity index (χ0v) is 11.9. The van der Waals surface area contributed by atoms with Crippen molar-refractivity contribution in [3.8, 4) is 0 Å². The molecule has 0 N–H and O–H groups in total. The van der Waals surface area contributed by atoms with Gasteiger partial charge in [-0.1, -0.05) is 23.2 Å². The molecule has 18 heavy (non-hydrogen) atoms. The van der Waals surface area contributed by atoms with Gasteiger partial charge in [0.1, 0.15) is 5.60 Å². The molecule has 0 heterocycles. The first-order valence-corrected chi connectivity index (χ1v) is 6.98. The highest BCUT2D eigenvalue weighted by Gasteiger charge is 2.42. The minimum Gasteiger partial charge on any atom is -0.367 e. The van der Waals surface area contributed by atoms with Crippen LogP contribution in [-0.2, 0) is 4.74 Å². The highest BCUT2D eigenvalue weighted by atomic mass is 35.5. The van der Waals surface area contributed by atoms with Crippen molar-refractivity contribution in [2.24, 2.45) is 0 Å². The Kier molecular flexibility index (Phi) is 4.31. The maximum absolute atomic E-state index is 12.6. The van der Waals surface area contributed by atoms with Crippen molar-refractivity contribution in [2.45, 2.75) is 38.2 Å². The SMILES string of the molecule is CCOC1(C(=O)c2ccc(Cl)c(Cl)c2)CCCC1. The fourth-order valence-corrected chi connectivity index (χ4v) is 2.86. The zero-order chi connectivity index (χ0) is 13.2. The zero-order valence-electron chi connectivity index (χ0n) is 10.3. The first-order chi connectivity index (χ1) is 8.59. The molecule has 4 heteroatoms. The Balaban J connectivity index is 2.30. The summed E-state index contributed by atoms with van der Waals surface area (Å²) in [6, 6.07) is 5.01. The van der Waals surface area contributed by atoms with E-state index in [1.165, 1.54) is 0 Å². The number of rotatable bonds is 4. The smallest absolute Gasteiger partial charge is 0.194 e. The number of carbonyl (C=O) groups excluding carboxylic acids is 1. The van der Waals surface area contributed by atoms with Crippen molar-refractivity contribution in [1.82, 2.24) is 0 Å². The second-order valence-corrected chi connectivity index (χ2v) is 5.41. The maximum atomic E-state index is 12.6. The molecule has 1 aromatic carbocycles. The Morgan fingerprint density at radius 3 is 2.50 bits per heavy atom. The van der Waals surface area contributed by atoms with Gasteiger partial charge in [0.25, 0.3) is 0 Å². The van der Waals surface area contributed by atoms with Crippen molar-refractivity contribution in [3.05, 3.63) is 33.8 Å². The summed E-state index contributed by atoms with van der Waals surface area (Å²) in [6.45, 7) is 2.47. The van der Waals surface area contributed by atoms with E-state index < -0.39 is 5.60 Å². The predicted molar refractivity (Wildman–Crippen MR) is 73.6 cm³/mol. The van der Waals surface area contributed by atoms with Crippen molar-refractivity contribution >= 4 is 29.0 Å². The van der Waals surface area contributed by atoms with E-state index in [-0.39, 0.29) is 5.78 Å². The lowest BCUT2D eigenvalue weighted by Crippen LogP contribution is -2.38. The van der Waals surface area contributed by atoms with Crippen LogP contribution in [0.2, 0.25) is 10.0 Å². The second-order valence-electron chi connectivity index (χ2n) is 4.59. The fourth-order valence-electron chi connectivity index (χ4n) is 2.56. The molecule has 1 aromatic rings. The molecule has 98 valence electrons. The summed E-state index contributed by atoms with van der Waals surface area (Å²) >= 11 is 11.8. The number of ether oxygens (including phenoxy) is 1. The van der Waals surface area contributed by atoms with Crippen LogP contribution in [0, 0.1) is 0 Å². The number of carbonyl (C=O) groups is 1. The van der Waals surface area contributed by atoms with Crippen molar-refractivity contribution in [3.63, 3.8) is 0 Å². The maximum Gasteiger partial charge on any atom is 0.194 e. The molecule has 0 unspecified atom stereocenters. The molecule has 2 nitrogen and oxygen atoms in total. The van der Waals surface area contributed by atoms with E-state index in [1.807, 2.05) is 6.92 Å². The molecule has 0 atom stereocenters. The number of ketones is 1. The van der Waals surface area contributed by atoms with Crippen LogP contribution in [0.3, 0.4) is 0 Å². The topological polar surface area (TPSA) is 26.3 Å². The van der Waals surface area contributed by atoms with Gasteiger partial charge in [-0.05, 0) is 50.8 Å². The average molecular weight is 287 g/mol. The van der Waals surface area contributed by atoms with Crippen LogP contribution in [0.15, 0.2) is 18.2 Å². The number of hydrogen-bond acceptors (Lipinski definition) is 2. The molecule has 0 bridgehead atoms. The molecule has 1 aliphatic carbocycles. The number of Topliss-reactive ketones (excluding diaryl/α,β-unsaturated/α-hetero) is 1. The number of benzene rings is 1. The van der Waals surface area contributed by atoms with E-state index in [0.29, 0.717) is 22.2 Å². The van der Waals surface area contributed by atoms with Crippen LogP contribution in [0.1, 0.15) is 43.0 Å². The van der Waals surface area contributed by atoms with Gasteiger partial charge in [-0.15, -0.1) is 0 Å². The van der Waals surface area contributed by atoms with Crippen LogP contribution >= 0.6 is 23.2 Å². The Morgan fingerprint density at radius 1 is 1.28 bits per heavy atom. The summed E-state index contributed by atoms with van der Waals surface area (Å²) in [5, 5.41) is 0.872. The number of hydrogen-bond donors (Lipinski definition) is 0. The van der Waals surface area contributed by atoms with Crippen molar-refractivity contribution < 1.29 is 9.53 Å². The van der Waals surface area contributed by atoms with Gasteiger partial charge in [0.05, 0.1) is 10.0 Å². The van der Waals surface area contributed by atoms with E-state index in [1.54, 1.807) is 18.2 Å². The Labute approximate surface area is 117 Å². The van der Waals surface area contributed by atoms with Gasteiger partial charge in [-0.25, -0.2) is 0 Å². The summed E-state index contributed by atoms with van der Waals surface area (Å²) in [6.07, 6.45) is 3.65. The van der Waals surface area contributed by atoms with Crippen LogP contribution in [-0.4, -0.2) is 18.0 Å². The lowest BCUT2D eigenvalue weighted by atomic mass is 9.91. The standard InChI is InChI=1S/C14H16Cl2O2/c1-2-18-14(7-3-4-8-14)13(17)10-5-6-11(15)12(16)9-10/h5-6,9H,2-4,7-8H2,1H3. The van der Waals surface area contributed by atoms with E-state index in [4.69, 9.17) is 27.9 Å². The summed E-state index contributed by atoms with van der Waals surface area (Å²) in [4.78, 5) is 12.6. The van der Waals surface area contributed by atoms with Gasteiger partial charge >= 0.3 is 0 Å². The average Bonchev–Trinajstić information content (AvgIpc) is 2.82. The van der Waals surface area contributed by atoms with E-state index >= 15 is 0 Å². The first-order valence-electron chi connectivity index (χ1n) is 6.23. The van der Waals surface area contributed by atoms with Crippen molar-refractivity contribution in [2.75, 3.05) is 6.61 Å². The molecule has 0 radical (unpaired) electrons. The Hall–Kier alpha value is -0.570. The van der Waals surface area contributed by atoms with Gasteiger partial charge in [-0.2, -0.15) is 0 Å². The summed E-state index contributed by atoms with van der Waals surface area (Å²) < 4.78 is 5.75. The van der Waals surface area contributed by atoms with Gasteiger partial charge in [-0.3, -0.25) is 4.79 Å². The molecule has 0 saturated heterocycles. The lowest BCUT2D eigenvalue weighted by molar-refractivity contribution is -0.0163. The molecule has 0 amide bonds. The third-order valence-electron chi connectivity index (χ3n) is 3.43. The van der Waals surface area contributed by atoms with Gasteiger partial charge in [0.2, 0.25) is 0 Å². The van der Waals surface area contributed by atoms with Crippen LogP contribution in [0.4, 0.5) is 0 Å². The van der Waals surface area contributed by atoms with Gasteiger partial charge < -0.3 is 4.74 Å². The van der Waals surface area contributed by atoms with E-state index in [2.05, 4.69) is 0 Å². The first kappa shape index (κ1) is 13.9. The third kappa shape index (κ3) is 2.56. The van der Waals surface area contributed by atoms with E-state index in [0.717, 1.165) is 25.7 Å².